The van der Waals surface area contributed by atoms with E-state index in [1.54, 1.807) is 54.2 Å². The molecule has 0 unspecified atom stereocenters. The number of aryl methyl sites for hydroxylation is 2. The van der Waals surface area contributed by atoms with Crippen molar-refractivity contribution in [1.29, 1.82) is 0 Å². The number of hydrogen-bond acceptors (Lipinski definition) is 9. The van der Waals surface area contributed by atoms with E-state index in [2.05, 4.69) is 25.6 Å². The first-order chi connectivity index (χ1) is 15.7. The maximum Gasteiger partial charge on any atom is 0.232 e. The summed E-state index contributed by atoms with van der Waals surface area (Å²) in [4.78, 5) is 11.3. The van der Waals surface area contributed by atoms with Crippen molar-refractivity contribution in [3.8, 4) is 17.0 Å². The molecule has 0 fully saturated rings. The zero-order valence-electron chi connectivity index (χ0n) is 18.9. The fourth-order valence-corrected chi connectivity index (χ4v) is 3.91. The summed E-state index contributed by atoms with van der Waals surface area (Å²) in [5.41, 5.74) is 2.75. The SMILES string of the molecule is COc1c(Nc2cc(C)[nH]n2)nc(N(C)c2cccc(S(C)(=O)=O)c2)nc1-c1cnn(C)c1. The number of anilines is 4. The molecule has 3 heterocycles. The molecule has 0 aliphatic rings. The number of nitrogens with zero attached hydrogens (tertiary/aromatic N) is 6. The molecule has 3 aromatic heterocycles. The number of methoxy groups -OCH3 is 1. The normalized spacial score (nSPS) is 11.4. The van der Waals surface area contributed by atoms with Crippen LogP contribution in [0.4, 0.5) is 23.3 Å². The summed E-state index contributed by atoms with van der Waals surface area (Å²) >= 11 is 0. The van der Waals surface area contributed by atoms with Gasteiger partial charge in [0.2, 0.25) is 5.95 Å². The molecule has 0 aliphatic carbocycles. The van der Waals surface area contributed by atoms with Crippen LogP contribution < -0.4 is 15.0 Å². The highest BCUT2D eigenvalue weighted by Gasteiger charge is 2.22. The van der Waals surface area contributed by atoms with Gasteiger partial charge in [-0.1, -0.05) is 6.07 Å². The molecule has 11 nitrogen and oxygen atoms in total. The average molecular weight is 469 g/mol. The zero-order chi connectivity index (χ0) is 23.8. The van der Waals surface area contributed by atoms with Crippen LogP contribution in [-0.4, -0.2) is 58.8 Å². The van der Waals surface area contributed by atoms with E-state index in [-0.39, 0.29) is 4.90 Å². The number of H-pyrrole nitrogens is 1. The number of aromatic amines is 1. The Bertz CT molecular complexity index is 1410. The molecule has 0 atom stereocenters. The maximum atomic E-state index is 12.0. The van der Waals surface area contributed by atoms with Gasteiger partial charge in [0.25, 0.3) is 0 Å². The molecule has 0 saturated carbocycles. The molecule has 2 N–H and O–H groups in total. The Kier molecular flexibility index (Phi) is 5.77. The number of hydrogen-bond donors (Lipinski definition) is 2. The second kappa shape index (κ2) is 8.54. The lowest BCUT2D eigenvalue weighted by Gasteiger charge is -2.21. The van der Waals surface area contributed by atoms with E-state index in [1.165, 1.54) is 6.26 Å². The van der Waals surface area contributed by atoms with Crippen molar-refractivity contribution in [1.82, 2.24) is 29.9 Å². The third-order valence-electron chi connectivity index (χ3n) is 4.92. The summed E-state index contributed by atoms with van der Waals surface area (Å²) in [6.07, 6.45) is 4.67. The number of sulfone groups is 1. The van der Waals surface area contributed by atoms with Crippen molar-refractivity contribution in [3.63, 3.8) is 0 Å². The van der Waals surface area contributed by atoms with E-state index in [0.717, 1.165) is 11.3 Å². The third-order valence-corrected chi connectivity index (χ3v) is 6.03. The van der Waals surface area contributed by atoms with Crippen LogP contribution in [0.1, 0.15) is 5.69 Å². The lowest BCUT2D eigenvalue weighted by atomic mass is 10.2. The van der Waals surface area contributed by atoms with Crippen LogP contribution in [0, 0.1) is 6.92 Å². The largest absolute Gasteiger partial charge is 0.491 e. The molecule has 0 saturated heterocycles. The summed E-state index contributed by atoms with van der Waals surface area (Å²) in [5.74, 6) is 1.72. The molecule has 1 aromatic carbocycles. The average Bonchev–Trinajstić information content (AvgIpc) is 3.40. The lowest BCUT2D eigenvalue weighted by molar-refractivity contribution is 0.415. The van der Waals surface area contributed by atoms with Crippen LogP contribution in [0.5, 0.6) is 5.75 Å². The van der Waals surface area contributed by atoms with Gasteiger partial charge in [-0.15, -0.1) is 0 Å². The summed E-state index contributed by atoms with van der Waals surface area (Å²) in [6.45, 7) is 1.89. The first-order valence-electron chi connectivity index (χ1n) is 9.93. The van der Waals surface area contributed by atoms with E-state index in [9.17, 15) is 8.42 Å². The number of rotatable bonds is 7. The molecule has 0 spiro atoms. The Hall–Kier alpha value is -3.93. The molecule has 0 amide bonds. The summed E-state index contributed by atoms with van der Waals surface area (Å²) in [5, 5.41) is 14.5. The monoisotopic (exact) mass is 468 g/mol. The van der Waals surface area contributed by atoms with Crippen molar-refractivity contribution < 1.29 is 13.2 Å². The number of aromatic nitrogens is 6. The second-order valence-electron chi connectivity index (χ2n) is 7.55. The van der Waals surface area contributed by atoms with Gasteiger partial charge in [-0.2, -0.15) is 15.2 Å². The number of benzene rings is 1. The Morgan fingerprint density at radius 2 is 2.00 bits per heavy atom. The minimum Gasteiger partial charge on any atom is -0.491 e. The molecular formula is C21H24N8O3S. The summed E-state index contributed by atoms with van der Waals surface area (Å²) in [6, 6.07) is 8.44. The number of ether oxygens (including phenoxy) is 1. The van der Waals surface area contributed by atoms with Crippen LogP contribution in [0.2, 0.25) is 0 Å². The minimum atomic E-state index is -3.37. The van der Waals surface area contributed by atoms with E-state index >= 15 is 0 Å². The third kappa shape index (κ3) is 4.65. The fraction of sp³-hybridized carbons (Fsp3) is 0.238. The zero-order valence-corrected chi connectivity index (χ0v) is 19.7. The Labute approximate surface area is 191 Å². The Morgan fingerprint density at radius 1 is 1.21 bits per heavy atom. The smallest absolute Gasteiger partial charge is 0.232 e. The minimum absolute atomic E-state index is 0.207. The molecule has 0 radical (unpaired) electrons. The van der Waals surface area contributed by atoms with Gasteiger partial charge in [0.05, 0.1) is 18.2 Å². The van der Waals surface area contributed by atoms with Gasteiger partial charge in [-0.05, 0) is 25.1 Å². The lowest BCUT2D eigenvalue weighted by Crippen LogP contribution is -2.15. The molecule has 12 heteroatoms. The quantitative estimate of drug-likeness (QED) is 0.420. The highest BCUT2D eigenvalue weighted by atomic mass is 32.2. The van der Waals surface area contributed by atoms with Crippen molar-refractivity contribution in [3.05, 3.63) is 48.4 Å². The maximum absolute atomic E-state index is 12.0. The Balaban J connectivity index is 1.86. The van der Waals surface area contributed by atoms with Crippen LogP contribution in [-0.2, 0) is 16.9 Å². The van der Waals surface area contributed by atoms with E-state index < -0.39 is 9.84 Å². The van der Waals surface area contributed by atoms with E-state index in [1.807, 2.05) is 26.2 Å². The van der Waals surface area contributed by atoms with Crippen LogP contribution >= 0.6 is 0 Å². The van der Waals surface area contributed by atoms with Gasteiger partial charge in [-0.25, -0.2) is 13.4 Å². The summed E-state index contributed by atoms with van der Waals surface area (Å²) in [7, 11) is 1.75. The van der Waals surface area contributed by atoms with Gasteiger partial charge < -0.3 is 15.0 Å². The molecule has 4 rings (SSSR count). The topological polar surface area (TPSA) is 131 Å². The molecule has 0 aliphatic heterocycles. The van der Waals surface area contributed by atoms with Gasteiger partial charge >= 0.3 is 0 Å². The first-order valence-corrected chi connectivity index (χ1v) is 11.8. The molecule has 0 bridgehead atoms. The van der Waals surface area contributed by atoms with Crippen LogP contribution in [0.3, 0.4) is 0 Å². The van der Waals surface area contributed by atoms with Crippen molar-refractivity contribution >= 4 is 33.1 Å². The van der Waals surface area contributed by atoms with Crippen molar-refractivity contribution in [2.45, 2.75) is 11.8 Å². The Morgan fingerprint density at radius 3 is 2.61 bits per heavy atom. The second-order valence-corrected chi connectivity index (χ2v) is 9.56. The van der Waals surface area contributed by atoms with Crippen molar-refractivity contribution in [2.24, 2.45) is 7.05 Å². The molecule has 172 valence electrons. The van der Waals surface area contributed by atoms with E-state index in [4.69, 9.17) is 9.72 Å². The van der Waals surface area contributed by atoms with Gasteiger partial charge in [0, 0.05) is 49.6 Å². The fourth-order valence-electron chi connectivity index (χ4n) is 3.25. The van der Waals surface area contributed by atoms with E-state index in [0.29, 0.717) is 34.7 Å². The van der Waals surface area contributed by atoms with Gasteiger partial charge in [0.15, 0.2) is 27.2 Å². The van der Waals surface area contributed by atoms with Gasteiger partial charge in [0.1, 0.15) is 5.69 Å². The predicted octanol–water partition coefficient (Wildman–Crippen LogP) is 2.83. The number of nitrogens with one attached hydrogen (secondary N) is 2. The molecular weight excluding hydrogens is 444 g/mol. The van der Waals surface area contributed by atoms with Crippen LogP contribution in [0.15, 0.2) is 47.6 Å². The highest BCUT2D eigenvalue weighted by Crippen LogP contribution is 2.37. The van der Waals surface area contributed by atoms with Gasteiger partial charge in [-0.3, -0.25) is 9.78 Å². The van der Waals surface area contributed by atoms with Crippen molar-refractivity contribution in [2.75, 3.05) is 30.6 Å². The molecule has 4 aromatic rings. The van der Waals surface area contributed by atoms with Crippen LogP contribution in [0.25, 0.3) is 11.3 Å². The summed E-state index contributed by atoms with van der Waals surface area (Å²) < 4.78 is 31.4. The highest BCUT2D eigenvalue weighted by molar-refractivity contribution is 7.90. The predicted molar refractivity (Wildman–Crippen MR) is 125 cm³/mol. The standard InChI is InChI=1S/C21H24N8O3S/c1-13-9-17(27-26-13)23-20-19(32-4)18(14-11-22-28(2)12-14)24-21(25-20)29(3)15-7-6-8-16(10-15)33(5,30)31/h6-12H,1-5H3,(H2,23,24,25,26,27). The first kappa shape index (κ1) is 22.3. The molecule has 33 heavy (non-hydrogen) atoms.